The molecule has 1 heterocycles. The second-order valence-corrected chi connectivity index (χ2v) is 6.10. The fourth-order valence-corrected chi connectivity index (χ4v) is 3.18. The maximum atomic E-state index is 11.7. The number of rotatable bonds is 5. The van der Waals surface area contributed by atoms with Gasteiger partial charge in [-0.25, -0.2) is 4.98 Å². The van der Waals surface area contributed by atoms with Crippen molar-refractivity contribution in [1.29, 1.82) is 0 Å². The molecule has 0 unspecified atom stereocenters. The van der Waals surface area contributed by atoms with Crippen LogP contribution in [0.3, 0.4) is 0 Å². The molecule has 0 bridgehead atoms. The summed E-state index contributed by atoms with van der Waals surface area (Å²) in [6.45, 7) is 5.99. The lowest BCUT2D eigenvalue weighted by Crippen LogP contribution is -2.39. The smallest absolute Gasteiger partial charge is 0.234 e. The van der Waals surface area contributed by atoms with Crippen LogP contribution >= 0.6 is 11.8 Å². The van der Waals surface area contributed by atoms with Crippen molar-refractivity contribution in [3.05, 3.63) is 23.8 Å². The lowest BCUT2D eigenvalue weighted by molar-refractivity contribution is -0.120. The molecule has 0 fully saturated rings. The Hall–Kier alpha value is -1.49. The molecule has 0 aliphatic carbocycles. The summed E-state index contributed by atoms with van der Waals surface area (Å²) in [5, 5.41) is 0.753. The number of aryl methyl sites for hydroxylation is 1. The minimum atomic E-state index is -0.580. The number of fused-ring (bicyclic) bond motifs is 1. The van der Waals surface area contributed by atoms with Gasteiger partial charge in [0, 0.05) is 0 Å². The third-order valence-electron chi connectivity index (χ3n) is 3.50. The van der Waals surface area contributed by atoms with Crippen LogP contribution in [-0.4, -0.2) is 20.6 Å². The van der Waals surface area contributed by atoms with E-state index in [0.29, 0.717) is 12.8 Å². The van der Waals surface area contributed by atoms with E-state index in [1.807, 2.05) is 39.0 Å². The number of carbonyl (C=O) groups is 1. The summed E-state index contributed by atoms with van der Waals surface area (Å²) in [5.41, 5.74) is 8.64. The maximum absolute atomic E-state index is 11.7. The van der Waals surface area contributed by atoms with Crippen LogP contribution in [-0.2, 0) is 4.79 Å². The monoisotopic (exact) mass is 277 g/mol. The van der Waals surface area contributed by atoms with E-state index in [1.165, 1.54) is 17.3 Å². The number of amides is 1. The average molecular weight is 277 g/mol. The number of nitrogens with zero attached hydrogens (tertiary/aromatic N) is 1. The van der Waals surface area contributed by atoms with E-state index in [9.17, 15) is 4.79 Å². The van der Waals surface area contributed by atoms with E-state index in [-0.39, 0.29) is 5.91 Å². The average Bonchev–Trinajstić information content (AvgIpc) is 2.77. The molecule has 1 aromatic heterocycles. The van der Waals surface area contributed by atoms with Crippen molar-refractivity contribution >= 4 is 28.7 Å². The lowest BCUT2D eigenvalue weighted by atomic mass is 10.0. The van der Waals surface area contributed by atoms with Gasteiger partial charge in [0.2, 0.25) is 5.91 Å². The first kappa shape index (κ1) is 13.9. The van der Waals surface area contributed by atoms with Crippen LogP contribution in [0.4, 0.5) is 0 Å². The van der Waals surface area contributed by atoms with Crippen LogP contribution in [0.25, 0.3) is 11.0 Å². The van der Waals surface area contributed by atoms with Crippen LogP contribution in [0.5, 0.6) is 0 Å². The largest absolute Gasteiger partial charge is 0.368 e. The highest BCUT2D eigenvalue weighted by Crippen LogP contribution is 2.37. The zero-order valence-electron chi connectivity index (χ0n) is 11.5. The lowest BCUT2D eigenvalue weighted by Gasteiger charge is -2.25. The second kappa shape index (κ2) is 5.25. The fourth-order valence-electron chi connectivity index (χ4n) is 2.12. The molecule has 2 rings (SSSR count). The molecule has 2 aromatic rings. The van der Waals surface area contributed by atoms with Crippen molar-refractivity contribution in [3.63, 3.8) is 0 Å². The maximum Gasteiger partial charge on any atom is 0.234 e. The predicted octanol–water partition coefficient (Wildman–Crippen LogP) is 3.01. The van der Waals surface area contributed by atoms with Gasteiger partial charge in [0.1, 0.15) is 4.75 Å². The summed E-state index contributed by atoms with van der Waals surface area (Å²) in [7, 11) is 0. The predicted molar refractivity (Wildman–Crippen MR) is 79.2 cm³/mol. The van der Waals surface area contributed by atoms with E-state index >= 15 is 0 Å². The summed E-state index contributed by atoms with van der Waals surface area (Å²) in [6.07, 6.45) is 1.39. The molecule has 4 nitrogen and oxygen atoms in total. The molecular weight excluding hydrogens is 258 g/mol. The SMILES string of the molecule is CCC(CC)(Sc1nc2cc(C)ccc2[nH]1)C(N)=O. The Bertz CT molecular complexity index is 602. The number of carbonyl (C=O) groups excluding carboxylic acids is 1. The highest BCUT2D eigenvalue weighted by atomic mass is 32.2. The van der Waals surface area contributed by atoms with E-state index in [1.54, 1.807) is 0 Å². The van der Waals surface area contributed by atoms with Crippen molar-refractivity contribution in [2.75, 3.05) is 0 Å². The number of aromatic nitrogens is 2. The number of aromatic amines is 1. The normalized spacial score (nSPS) is 11.9. The van der Waals surface area contributed by atoms with Crippen LogP contribution in [0.1, 0.15) is 32.3 Å². The van der Waals surface area contributed by atoms with Gasteiger partial charge in [-0.15, -0.1) is 0 Å². The van der Waals surface area contributed by atoms with E-state index in [0.717, 1.165) is 16.2 Å². The number of hydrogen-bond donors (Lipinski definition) is 2. The van der Waals surface area contributed by atoms with Crippen molar-refractivity contribution in [2.24, 2.45) is 5.73 Å². The molecule has 0 radical (unpaired) electrons. The molecular formula is C14H19N3OS. The van der Waals surface area contributed by atoms with E-state index in [4.69, 9.17) is 5.73 Å². The Morgan fingerprint density at radius 3 is 2.68 bits per heavy atom. The van der Waals surface area contributed by atoms with Gasteiger partial charge in [-0.05, 0) is 37.5 Å². The first-order valence-electron chi connectivity index (χ1n) is 6.46. The molecule has 0 saturated carbocycles. The number of hydrogen-bond acceptors (Lipinski definition) is 3. The summed E-state index contributed by atoms with van der Waals surface area (Å²) < 4.78 is -0.580. The van der Waals surface area contributed by atoms with Crippen molar-refractivity contribution in [3.8, 4) is 0 Å². The Labute approximate surface area is 117 Å². The van der Waals surface area contributed by atoms with Gasteiger partial charge in [-0.1, -0.05) is 31.7 Å². The number of thioether (sulfide) groups is 1. The van der Waals surface area contributed by atoms with Crippen LogP contribution < -0.4 is 5.73 Å². The zero-order valence-corrected chi connectivity index (χ0v) is 12.3. The number of benzene rings is 1. The van der Waals surface area contributed by atoms with Gasteiger partial charge in [-0.2, -0.15) is 0 Å². The molecule has 0 aliphatic rings. The van der Waals surface area contributed by atoms with Gasteiger partial charge < -0.3 is 10.7 Å². The molecule has 19 heavy (non-hydrogen) atoms. The molecule has 1 aromatic carbocycles. The molecule has 1 amide bonds. The first-order valence-corrected chi connectivity index (χ1v) is 7.27. The van der Waals surface area contributed by atoms with Crippen LogP contribution in [0, 0.1) is 6.92 Å². The summed E-state index contributed by atoms with van der Waals surface area (Å²) >= 11 is 1.43. The Morgan fingerprint density at radius 2 is 2.11 bits per heavy atom. The van der Waals surface area contributed by atoms with Crippen molar-refractivity contribution < 1.29 is 4.79 Å². The van der Waals surface area contributed by atoms with Gasteiger partial charge >= 0.3 is 0 Å². The molecule has 102 valence electrons. The number of primary amides is 1. The zero-order chi connectivity index (χ0) is 14.0. The van der Waals surface area contributed by atoms with E-state index in [2.05, 4.69) is 9.97 Å². The third-order valence-corrected chi connectivity index (χ3v) is 5.06. The van der Waals surface area contributed by atoms with Gasteiger partial charge in [0.25, 0.3) is 0 Å². The Kier molecular flexibility index (Phi) is 3.85. The van der Waals surface area contributed by atoms with Crippen LogP contribution in [0.15, 0.2) is 23.4 Å². The third kappa shape index (κ3) is 2.61. The van der Waals surface area contributed by atoms with Gasteiger partial charge in [-0.3, -0.25) is 4.79 Å². The fraction of sp³-hybridized carbons (Fsp3) is 0.429. The molecule has 0 saturated heterocycles. The summed E-state index contributed by atoms with van der Waals surface area (Å²) in [6, 6.07) is 6.07. The van der Waals surface area contributed by atoms with Crippen molar-refractivity contribution in [1.82, 2.24) is 9.97 Å². The summed E-state index contributed by atoms with van der Waals surface area (Å²) in [5.74, 6) is -0.279. The molecule has 0 aliphatic heterocycles. The molecule has 3 N–H and O–H groups in total. The van der Waals surface area contributed by atoms with E-state index < -0.39 is 4.75 Å². The topological polar surface area (TPSA) is 71.8 Å². The first-order chi connectivity index (χ1) is 9.00. The highest BCUT2D eigenvalue weighted by Gasteiger charge is 2.35. The highest BCUT2D eigenvalue weighted by molar-refractivity contribution is 8.01. The van der Waals surface area contributed by atoms with Crippen molar-refractivity contribution in [2.45, 2.75) is 43.5 Å². The minimum absolute atomic E-state index is 0.279. The van der Waals surface area contributed by atoms with Crippen LogP contribution in [0.2, 0.25) is 0 Å². The second-order valence-electron chi connectivity index (χ2n) is 4.73. The molecule has 0 spiro atoms. The number of nitrogens with two attached hydrogens (primary N) is 1. The quantitative estimate of drug-likeness (QED) is 0.825. The Balaban J connectivity index is 2.36. The number of H-pyrrole nitrogens is 1. The molecule has 0 atom stereocenters. The Morgan fingerprint density at radius 1 is 1.42 bits per heavy atom. The number of imidazole rings is 1. The number of nitrogens with one attached hydrogen (secondary N) is 1. The summed E-state index contributed by atoms with van der Waals surface area (Å²) in [4.78, 5) is 19.5. The standard InChI is InChI=1S/C14H19N3OS/c1-4-14(5-2,12(15)18)19-13-16-10-7-6-9(3)8-11(10)17-13/h6-8H,4-5H2,1-3H3,(H2,15,18)(H,16,17). The van der Waals surface area contributed by atoms with Gasteiger partial charge in [0.15, 0.2) is 5.16 Å². The van der Waals surface area contributed by atoms with Gasteiger partial charge in [0.05, 0.1) is 11.0 Å². The molecule has 5 heteroatoms. The minimum Gasteiger partial charge on any atom is -0.368 e.